The van der Waals surface area contributed by atoms with Gasteiger partial charge in [0.05, 0.1) is 12.2 Å². The number of nitrogens with zero attached hydrogens (tertiary/aromatic N) is 5. The lowest BCUT2D eigenvalue weighted by molar-refractivity contribution is -0.159. The zero-order chi connectivity index (χ0) is 33.2. The van der Waals surface area contributed by atoms with Gasteiger partial charge in [0, 0.05) is 24.7 Å². The molecule has 2 aromatic carbocycles. The normalized spacial score (nSPS) is 13.8. The van der Waals surface area contributed by atoms with Gasteiger partial charge >= 0.3 is 11.9 Å². The van der Waals surface area contributed by atoms with Crippen molar-refractivity contribution in [3.05, 3.63) is 126 Å². The molecule has 244 valence electrons. The standard InChI is InChI=1S/C34H35F2N5.C2H2O4/c35-28-12-8-26(9-13-28)31(27-10-14-29(36)15-11-27)6-4-20-40-21-16-25(17-22-40)23-33-39-32-7-3-19-38-34(32)41(33)24-30-5-1-2-18-37-30;3-1(4)2(5)6/h1-3,5,7-15,18-19,25,31H,4,6,16-17,20-24H2;(H,3,4)(H,5,6). The van der Waals surface area contributed by atoms with Gasteiger partial charge in [-0.1, -0.05) is 30.3 Å². The Morgan fingerprint density at radius 2 is 1.43 bits per heavy atom. The van der Waals surface area contributed by atoms with Crippen molar-refractivity contribution in [1.82, 2.24) is 24.4 Å². The Morgan fingerprint density at radius 1 is 0.809 bits per heavy atom. The molecular formula is C36H37F2N5O4. The first-order valence-corrected chi connectivity index (χ1v) is 15.7. The van der Waals surface area contributed by atoms with Crippen LogP contribution >= 0.6 is 0 Å². The molecule has 0 atom stereocenters. The summed E-state index contributed by atoms with van der Waals surface area (Å²) in [5, 5.41) is 14.8. The molecule has 5 aromatic rings. The lowest BCUT2D eigenvalue weighted by Crippen LogP contribution is -2.35. The minimum atomic E-state index is -1.82. The smallest absolute Gasteiger partial charge is 0.414 e. The van der Waals surface area contributed by atoms with Crippen LogP contribution in [0.3, 0.4) is 0 Å². The first-order valence-electron chi connectivity index (χ1n) is 15.7. The number of hydrogen-bond donors (Lipinski definition) is 2. The van der Waals surface area contributed by atoms with Gasteiger partial charge < -0.3 is 19.7 Å². The molecule has 0 radical (unpaired) electrons. The Morgan fingerprint density at radius 3 is 2.00 bits per heavy atom. The molecule has 2 N–H and O–H groups in total. The predicted molar refractivity (Wildman–Crippen MR) is 173 cm³/mol. The van der Waals surface area contributed by atoms with E-state index in [2.05, 4.69) is 19.4 Å². The lowest BCUT2D eigenvalue weighted by Gasteiger charge is -2.32. The number of aromatic nitrogens is 4. The van der Waals surface area contributed by atoms with Crippen molar-refractivity contribution in [3.8, 4) is 0 Å². The third kappa shape index (κ3) is 9.26. The highest BCUT2D eigenvalue weighted by molar-refractivity contribution is 6.27. The van der Waals surface area contributed by atoms with Crippen molar-refractivity contribution in [2.75, 3.05) is 19.6 Å². The van der Waals surface area contributed by atoms with E-state index in [0.717, 1.165) is 85.5 Å². The number of fused-ring (bicyclic) bond motifs is 1. The highest BCUT2D eigenvalue weighted by Gasteiger charge is 2.23. The number of hydrogen-bond acceptors (Lipinski definition) is 6. The molecule has 3 aromatic heterocycles. The predicted octanol–water partition coefficient (Wildman–Crippen LogP) is 6.18. The summed E-state index contributed by atoms with van der Waals surface area (Å²) >= 11 is 0. The number of carboxylic acids is 2. The summed E-state index contributed by atoms with van der Waals surface area (Å²) in [6, 6.07) is 23.4. The van der Waals surface area contributed by atoms with Crippen molar-refractivity contribution in [2.45, 2.75) is 44.6 Å². The monoisotopic (exact) mass is 641 g/mol. The Hall–Kier alpha value is -5.03. The van der Waals surface area contributed by atoms with Crippen LogP contribution in [0.25, 0.3) is 11.2 Å². The molecule has 47 heavy (non-hydrogen) atoms. The third-order valence-corrected chi connectivity index (χ3v) is 8.50. The summed E-state index contributed by atoms with van der Waals surface area (Å²) in [5.74, 6) is -2.34. The molecule has 4 heterocycles. The Balaban J connectivity index is 0.000000662. The van der Waals surface area contributed by atoms with Crippen LogP contribution in [0, 0.1) is 17.6 Å². The summed E-state index contributed by atoms with van der Waals surface area (Å²) in [4.78, 5) is 34.9. The van der Waals surface area contributed by atoms with Crippen molar-refractivity contribution in [2.24, 2.45) is 5.92 Å². The van der Waals surface area contributed by atoms with Crippen LogP contribution in [0.4, 0.5) is 8.78 Å². The number of pyridine rings is 2. The molecule has 11 heteroatoms. The number of carbonyl (C=O) groups is 2. The van der Waals surface area contributed by atoms with Gasteiger partial charge in [-0.3, -0.25) is 4.98 Å². The van der Waals surface area contributed by atoms with Gasteiger partial charge in [-0.15, -0.1) is 0 Å². The van der Waals surface area contributed by atoms with Gasteiger partial charge in [0.1, 0.15) is 23.0 Å². The number of rotatable bonds is 10. The van der Waals surface area contributed by atoms with Crippen molar-refractivity contribution in [3.63, 3.8) is 0 Å². The minimum absolute atomic E-state index is 0.120. The van der Waals surface area contributed by atoms with Crippen LogP contribution in [-0.4, -0.2) is 66.2 Å². The molecule has 0 aliphatic carbocycles. The molecule has 1 fully saturated rings. The van der Waals surface area contributed by atoms with Gasteiger partial charge in [0.2, 0.25) is 0 Å². The van der Waals surface area contributed by atoms with E-state index in [4.69, 9.17) is 24.8 Å². The zero-order valence-electron chi connectivity index (χ0n) is 25.9. The SMILES string of the molecule is Fc1ccc(C(CCCN2CCC(Cc3nc4cccnc4n3Cc3ccccn3)CC2)c2ccc(F)cc2)cc1.O=C(O)C(=O)O. The number of aliphatic carboxylic acids is 2. The second-order valence-electron chi connectivity index (χ2n) is 11.7. The fraction of sp³-hybridized carbons (Fsp3) is 0.306. The maximum absolute atomic E-state index is 13.6. The number of imidazole rings is 1. The van der Waals surface area contributed by atoms with Gasteiger partial charge in [-0.2, -0.15) is 0 Å². The molecular weight excluding hydrogens is 604 g/mol. The van der Waals surface area contributed by atoms with Crippen molar-refractivity contribution in [1.29, 1.82) is 0 Å². The summed E-state index contributed by atoms with van der Waals surface area (Å²) in [7, 11) is 0. The summed E-state index contributed by atoms with van der Waals surface area (Å²) in [6.07, 6.45) is 8.83. The third-order valence-electron chi connectivity index (χ3n) is 8.50. The second-order valence-corrected chi connectivity index (χ2v) is 11.7. The number of halogens is 2. The van der Waals surface area contributed by atoms with E-state index >= 15 is 0 Å². The average Bonchev–Trinajstić information content (AvgIpc) is 3.42. The maximum Gasteiger partial charge on any atom is 0.414 e. The highest BCUT2D eigenvalue weighted by Crippen LogP contribution is 2.31. The Kier molecular flexibility index (Phi) is 11.3. The fourth-order valence-corrected chi connectivity index (χ4v) is 6.09. The Labute approximate surface area is 271 Å². The molecule has 1 saturated heterocycles. The first-order chi connectivity index (χ1) is 22.8. The van der Waals surface area contributed by atoms with E-state index in [1.54, 1.807) is 0 Å². The van der Waals surface area contributed by atoms with Crippen LogP contribution in [0.2, 0.25) is 0 Å². The fourth-order valence-electron chi connectivity index (χ4n) is 6.09. The largest absolute Gasteiger partial charge is 0.473 e. The molecule has 1 aliphatic rings. The molecule has 0 bridgehead atoms. The zero-order valence-corrected chi connectivity index (χ0v) is 25.9. The number of likely N-dealkylation sites (tertiary alicyclic amines) is 1. The molecule has 0 amide bonds. The molecule has 0 spiro atoms. The van der Waals surface area contributed by atoms with Crippen LogP contribution in [0.1, 0.15) is 54.2 Å². The first kappa shape index (κ1) is 33.3. The minimum Gasteiger partial charge on any atom is -0.473 e. The maximum atomic E-state index is 13.6. The van der Waals surface area contributed by atoms with Crippen molar-refractivity contribution >= 4 is 23.1 Å². The second kappa shape index (κ2) is 16.0. The number of piperidine rings is 1. The van der Waals surface area contributed by atoms with E-state index in [1.165, 1.54) is 24.3 Å². The Bertz CT molecular complexity index is 1700. The van der Waals surface area contributed by atoms with Crippen LogP contribution in [0.5, 0.6) is 0 Å². The van der Waals surface area contributed by atoms with E-state index in [1.807, 2.05) is 67.0 Å². The summed E-state index contributed by atoms with van der Waals surface area (Å²) in [6.45, 7) is 3.84. The highest BCUT2D eigenvalue weighted by atomic mass is 19.1. The van der Waals surface area contributed by atoms with Crippen LogP contribution in [0.15, 0.2) is 91.3 Å². The molecule has 6 rings (SSSR count). The van der Waals surface area contributed by atoms with E-state index in [-0.39, 0.29) is 17.6 Å². The van der Waals surface area contributed by atoms with Gasteiger partial charge in [-0.05, 0) is 111 Å². The summed E-state index contributed by atoms with van der Waals surface area (Å²) < 4.78 is 29.4. The van der Waals surface area contributed by atoms with Crippen LogP contribution in [-0.2, 0) is 22.6 Å². The number of carboxylic acid groups (broad SMARTS) is 2. The lowest BCUT2D eigenvalue weighted by atomic mass is 9.87. The van der Waals surface area contributed by atoms with Crippen LogP contribution < -0.4 is 0 Å². The topological polar surface area (TPSA) is 121 Å². The molecule has 9 nitrogen and oxygen atoms in total. The van der Waals surface area contributed by atoms with E-state index in [0.29, 0.717) is 12.5 Å². The summed E-state index contributed by atoms with van der Waals surface area (Å²) in [5.41, 5.74) is 5.00. The van der Waals surface area contributed by atoms with Gasteiger partial charge in [0.25, 0.3) is 0 Å². The molecule has 0 saturated carbocycles. The average molecular weight is 642 g/mol. The van der Waals surface area contributed by atoms with E-state index < -0.39 is 11.9 Å². The quantitative estimate of drug-likeness (QED) is 0.174. The molecule has 1 aliphatic heterocycles. The van der Waals surface area contributed by atoms with Gasteiger partial charge in [-0.25, -0.2) is 28.3 Å². The van der Waals surface area contributed by atoms with Gasteiger partial charge in [0.15, 0.2) is 5.65 Å². The number of benzene rings is 2. The van der Waals surface area contributed by atoms with E-state index in [9.17, 15) is 8.78 Å². The molecule has 0 unspecified atom stereocenters. The van der Waals surface area contributed by atoms with Crippen molar-refractivity contribution < 1.29 is 28.6 Å².